The van der Waals surface area contributed by atoms with E-state index in [1.165, 1.54) is 0 Å². The molecule has 0 aliphatic rings. The molecule has 0 saturated heterocycles. The number of ether oxygens (including phenoxy) is 2. The highest BCUT2D eigenvalue weighted by Crippen LogP contribution is 2.30. The van der Waals surface area contributed by atoms with E-state index in [1.54, 1.807) is 32.5 Å². The van der Waals surface area contributed by atoms with Crippen LogP contribution in [0.2, 0.25) is 0 Å². The summed E-state index contributed by atoms with van der Waals surface area (Å²) >= 11 is 4.94. The van der Waals surface area contributed by atoms with E-state index in [4.69, 9.17) is 27.4 Å². The maximum absolute atomic E-state index is 5.60. The second-order valence-electron chi connectivity index (χ2n) is 3.99. The topological polar surface area (TPSA) is 69.4 Å². The first-order valence-electron chi connectivity index (χ1n) is 5.89. The second-order valence-corrected chi connectivity index (χ2v) is 4.43. The Morgan fingerprint density at radius 1 is 1.15 bits per heavy atom. The average molecular weight is 289 g/mol. The van der Waals surface area contributed by atoms with Crippen LogP contribution in [-0.4, -0.2) is 24.2 Å². The molecule has 0 fully saturated rings. The van der Waals surface area contributed by atoms with Gasteiger partial charge < -0.3 is 20.5 Å². The second kappa shape index (κ2) is 6.21. The van der Waals surface area contributed by atoms with Gasteiger partial charge in [0.25, 0.3) is 0 Å². The fraction of sp³-hybridized carbons (Fsp3) is 0.143. The standard InChI is InChI=1S/C14H15N3O2S/c1-18-11-4-3-10(8-12(11)19-2)17-13-7-9(14(15)20)5-6-16-13/h3-8H,1-2H3,(H2,15,20)(H,16,17). The molecule has 0 saturated carbocycles. The molecule has 1 aromatic heterocycles. The smallest absolute Gasteiger partial charge is 0.162 e. The molecule has 3 N–H and O–H groups in total. The van der Waals surface area contributed by atoms with Gasteiger partial charge in [-0.1, -0.05) is 12.2 Å². The van der Waals surface area contributed by atoms with E-state index in [9.17, 15) is 0 Å². The van der Waals surface area contributed by atoms with Gasteiger partial charge in [-0.05, 0) is 24.3 Å². The summed E-state index contributed by atoms with van der Waals surface area (Å²) in [5.41, 5.74) is 7.19. The number of methoxy groups -OCH3 is 2. The third-order valence-corrected chi connectivity index (χ3v) is 2.94. The van der Waals surface area contributed by atoms with E-state index in [0.717, 1.165) is 11.3 Å². The van der Waals surface area contributed by atoms with Gasteiger partial charge in [0.05, 0.1) is 14.2 Å². The monoisotopic (exact) mass is 289 g/mol. The highest BCUT2D eigenvalue weighted by Gasteiger charge is 2.06. The summed E-state index contributed by atoms with van der Waals surface area (Å²) in [7, 11) is 3.19. The summed E-state index contributed by atoms with van der Waals surface area (Å²) < 4.78 is 10.4. The minimum atomic E-state index is 0.336. The Kier molecular flexibility index (Phi) is 4.37. The summed E-state index contributed by atoms with van der Waals surface area (Å²) in [6.07, 6.45) is 1.65. The first-order valence-corrected chi connectivity index (χ1v) is 6.29. The predicted octanol–water partition coefficient (Wildman–Crippen LogP) is 2.48. The minimum Gasteiger partial charge on any atom is -0.493 e. The molecule has 1 aromatic carbocycles. The van der Waals surface area contributed by atoms with Crippen LogP contribution >= 0.6 is 12.2 Å². The van der Waals surface area contributed by atoms with Gasteiger partial charge in [0, 0.05) is 23.5 Å². The van der Waals surface area contributed by atoms with Crippen LogP contribution in [0.15, 0.2) is 36.5 Å². The molecule has 5 nitrogen and oxygen atoms in total. The van der Waals surface area contributed by atoms with E-state index in [-0.39, 0.29) is 0 Å². The number of rotatable bonds is 5. The van der Waals surface area contributed by atoms with Gasteiger partial charge >= 0.3 is 0 Å². The van der Waals surface area contributed by atoms with Crippen molar-refractivity contribution in [3.8, 4) is 11.5 Å². The van der Waals surface area contributed by atoms with Crippen molar-refractivity contribution in [1.29, 1.82) is 0 Å². The molecule has 0 bridgehead atoms. The van der Waals surface area contributed by atoms with Gasteiger partial charge in [-0.25, -0.2) is 4.98 Å². The zero-order valence-corrected chi connectivity index (χ0v) is 12.0. The van der Waals surface area contributed by atoms with Crippen LogP contribution in [0.25, 0.3) is 0 Å². The highest BCUT2D eigenvalue weighted by molar-refractivity contribution is 7.80. The van der Waals surface area contributed by atoms with Crippen LogP contribution in [0.3, 0.4) is 0 Å². The molecule has 2 rings (SSSR count). The van der Waals surface area contributed by atoms with Crippen LogP contribution < -0.4 is 20.5 Å². The Bertz CT molecular complexity index is 632. The maximum Gasteiger partial charge on any atom is 0.162 e. The van der Waals surface area contributed by atoms with Gasteiger partial charge in [-0.3, -0.25) is 0 Å². The number of anilines is 2. The van der Waals surface area contributed by atoms with Gasteiger partial charge in [0.2, 0.25) is 0 Å². The fourth-order valence-corrected chi connectivity index (χ4v) is 1.84. The molecule has 0 spiro atoms. The minimum absolute atomic E-state index is 0.336. The normalized spacial score (nSPS) is 9.90. The van der Waals surface area contributed by atoms with Crippen LogP contribution in [0.1, 0.15) is 5.56 Å². The maximum atomic E-state index is 5.60. The summed E-state index contributed by atoms with van der Waals surface area (Å²) in [4.78, 5) is 4.55. The van der Waals surface area contributed by atoms with E-state index in [0.29, 0.717) is 22.3 Å². The van der Waals surface area contributed by atoms with Crippen molar-refractivity contribution in [2.45, 2.75) is 0 Å². The Morgan fingerprint density at radius 2 is 1.90 bits per heavy atom. The first kappa shape index (κ1) is 14.1. The van der Waals surface area contributed by atoms with E-state index < -0.39 is 0 Å². The quantitative estimate of drug-likeness (QED) is 0.824. The lowest BCUT2D eigenvalue weighted by Crippen LogP contribution is -2.09. The van der Waals surface area contributed by atoms with Gasteiger partial charge in [0.1, 0.15) is 10.8 Å². The van der Waals surface area contributed by atoms with Crippen molar-refractivity contribution < 1.29 is 9.47 Å². The zero-order chi connectivity index (χ0) is 14.5. The summed E-state index contributed by atoms with van der Waals surface area (Å²) in [6, 6.07) is 9.07. The Morgan fingerprint density at radius 3 is 2.55 bits per heavy atom. The van der Waals surface area contributed by atoms with Crippen molar-refractivity contribution in [2.75, 3.05) is 19.5 Å². The third kappa shape index (κ3) is 3.16. The third-order valence-electron chi connectivity index (χ3n) is 2.70. The van der Waals surface area contributed by atoms with Gasteiger partial charge in [-0.15, -0.1) is 0 Å². The van der Waals surface area contributed by atoms with E-state index in [2.05, 4.69) is 10.3 Å². The summed E-state index contributed by atoms with van der Waals surface area (Å²) in [5.74, 6) is 1.97. The molecule has 20 heavy (non-hydrogen) atoms. The molecule has 0 unspecified atom stereocenters. The van der Waals surface area contributed by atoms with Gasteiger partial charge in [-0.2, -0.15) is 0 Å². The molecular formula is C14H15N3O2S. The lowest BCUT2D eigenvalue weighted by molar-refractivity contribution is 0.355. The number of nitrogens with zero attached hydrogens (tertiary/aromatic N) is 1. The molecule has 0 aliphatic heterocycles. The lowest BCUT2D eigenvalue weighted by Gasteiger charge is -2.11. The number of nitrogens with two attached hydrogens (primary N) is 1. The predicted molar refractivity (Wildman–Crippen MR) is 83.0 cm³/mol. The molecule has 104 valence electrons. The van der Waals surface area contributed by atoms with Crippen molar-refractivity contribution in [1.82, 2.24) is 4.98 Å². The van der Waals surface area contributed by atoms with Crippen molar-refractivity contribution in [3.63, 3.8) is 0 Å². The molecular weight excluding hydrogens is 274 g/mol. The molecule has 0 atom stereocenters. The SMILES string of the molecule is COc1ccc(Nc2cc(C(N)=S)ccn2)cc1OC. The van der Waals surface area contributed by atoms with E-state index in [1.807, 2.05) is 18.2 Å². The fourth-order valence-electron chi connectivity index (χ4n) is 1.71. The molecule has 0 aliphatic carbocycles. The van der Waals surface area contributed by atoms with Crippen molar-refractivity contribution >= 4 is 28.7 Å². The number of aromatic nitrogens is 1. The molecule has 6 heteroatoms. The van der Waals surface area contributed by atoms with Crippen LogP contribution in [-0.2, 0) is 0 Å². The molecule has 0 amide bonds. The average Bonchev–Trinajstić information content (AvgIpc) is 2.47. The van der Waals surface area contributed by atoms with Crippen molar-refractivity contribution in [3.05, 3.63) is 42.1 Å². The Labute approximate surface area is 122 Å². The first-order chi connectivity index (χ1) is 9.63. The van der Waals surface area contributed by atoms with Crippen molar-refractivity contribution in [2.24, 2.45) is 5.73 Å². The van der Waals surface area contributed by atoms with Crippen LogP contribution in [0, 0.1) is 0 Å². The zero-order valence-electron chi connectivity index (χ0n) is 11.2. The Hall–Kier alpha value is -2.34. The lowest BCUT2D eigenvalue weighted by atomic mass is 10.2. The highest BCUT2D eigenvalue weighted by atomic mass is 32.1. The number of nitrogens with one attached hydrogen (secondary N) is 1. The molecule has 0 radical (unpaired) electrons. The largest absolute Gasteiger partial charge is 0.493 e. The van der Waals surface area contributed by atoms with Crippen LogP contribution in [0.5, 0.6) is 11.5 Å². The Balaban J connectivity index is 2.25. The molecule has 1 heterocycles. The summed E-state index contributed by atoms with van der Waals surface area (Å²) in [5, 5.41) is 3.16. The molecule has 2 aromatic rings. The number of hydrogen-bond donors (Lipinski definition) is 2. The summed E-state index contributed by atoms with van der Waals surface area (Å²) in [6.45, 7) is 0. The van der Waals surface area contributed by atoms with Crippen LogP contribution in [0.4, 0.5) is 11.5 Å². The van der Waals surface area contributed by atoms with Gasteiger partial charge in [0.15, 0.2) is 11.5 Å². The number of thiocarbonyl (C=S) groups is 1. The number of pyridine rings is 1. The number of hydrogen-bond acceptors (Lipinski definition) is 5. The van der Waals surface area contributed by atoms with E-state index >= 15 is 0 Å². The number of benzene rings is 1.